The van der Waals surface area contributed by atoms with E-state index >= 15 is 0 Å². The van der Waals surface area contributed by atoms with Crippen molar-refractivity contribution < 1.29 is 13.2 Å². The van der Waals surface area contributed by atoms with Crippen LogP contribution >= 0.6 is 23.1 Å². The molecule has 1 N–H and O–H groups in total. The molecule has 1 aromatic heterocycles. The average molecular weight is 499 g/mol. The van der Waals surface area contributed by atoms with E-state index in [9.17, 15) is 13.2 Å². The number of fused-ring (bicyclic) bond motifs is 3. The van der Waals surface area contributed by atoms with Gasteiger partial charge in [-0.3, -0.25) is 0 Å². The number of amides is 1. The Bertz CT molecular complexity index is 968. The summed E-state index contributed by atoms with van der Waals surface area (Å²) in [5.74, 6) is 0.636. The predicted molar refractivity (Wildman–Crippen MR) is 117 cm³/mol. The van der Waals surface area contributed by atoms with Gasteiger partial charge in [0.05, 0.1) is 0 Å². The van der Waals surface area contributed by atoms with Crippen molar-refractivity contribution in [3.8, 4) is 0 Å². The van der Waals surface area contributed by atoms with Crippen LogP contribution in [0.25, 0.3) is 0 Å². The second kappa shape index (κ2) is 8.52. The van der Waals surface area contributed by atoms with E-state index in [0.717, 1.165) is 38.0 Å². The van der Waals surface area contributed by atoms with Crippen molar-refractivity contribution in [2.24, 2.45) is 5.92 Å². The second-order valence-corrected chi connectivity index (χ2v) is 18.7. The van der Waals surface area contributed by atoms with Gasteiger partial charge in [0.25, 0.3) is 0 Å². The third-order valence-electron chi connectivity index (χ3n) is 5.13. The Balaban J connectivity index is 1.39. The van der Waals surface area contributed by atoms with Crippen molar-refractivity contribution in [1.29, 1.82) is 0 Å². The second-order valence-electron chi connectivity index (χ2n) is 7.34. The quantitative estimate of drug-likeness (QED) is 0.615. The Morgan fingerprint density at radius 2 is 2.04 bits per heavy atom. The molecule has 1 aromatic carbocycles. The van der Waals surface area contributed by atoms with Crippen LogP contribution in [0, 0.1) is 5.92 Å². The number of nitrogens with one attached hydrogen (secondary N) is 1. The van der Waals surface area contributed by atoms with Crippen molar-refractivity contribution in [3.63, 3.8) is 0 Å². The molecule has 0 aliphatic carbocycles. The molecular formula is C19H23AsN2O3S3. The van der Waals surface area contributed by atoms with E-state index in [2.05, 4.69) is 10.2 Å². The molecule has 5 rings (SSSR count). The Hall–Kier alpha value is -0.792. The molecule has 5 nitrogen and oxygen atoms in total. The molecule has 3 aliphatic rings. The molecular weight excluding hydrogens is 475 g/mol. The third kappa shape index (κ3) is 5.22. The molecule has 3 aliphatic heterocycles. The molecule has 0 saturated carbocycles. The summed E-state index contributed by atoms with van der Waals surface area (Å²) in [5.41, 5.74) is 0. The minimum atomic E-state index is -2.93. The van der Waals surface area contributed by atoms with E-state index in [-0.39, 0.29) is 11.9 Å². The predicted octanol–water partition coefficient (Wildman–Crippen LogP) is 1.74. The number of benzene rings is 1. The first-order valence-corrected chi connectivity index (χ1v) is 16.4. The number of nitrogens with zero attached hydrogens (tertiary/aromatic N) is 1. The van der Waals surface area contributed by atoms with Gasteiger partial charge in [-0.25, -0.2) is 0 Å². The van der Waals surface area contributed by atoms with Crippen LogP contribution in [-0.4, -0.2) is 65.8 Å². The fourth-order valence-electron chi connectivity index (χ4n) is 3.82. The van der Waals surface area contributed by atoms with Gasteiger partial charge >= 0.3 is 167 Å². The Morgan fingerprint density at radius 3 is 2.71 bits per heavy atom. The van der Waals surface area contributed by atoms with Crippen LogP contribution in [0.2, 0.25) is 0 Å². The molecule has 2 aromatic rings. The van der Waals surface area contributed by atoms with Gasteiger partial charge in [-0.05, 0) is 13.1 Å². The first-order valence-electron chi connectivity index (χ1n) is 9.24. The average Bonchev–Trinajstić information content (AvgIpc) is 3.10. The normalized spacial score (nSPS) is 24.7. The summed E-state index contributed by atoms with van der Waals surface area (Å²) in [5, 5.41) is 3.24. The van der Waals surface area contributed by atoms with E-state index in [1.165, 1.54) is 30.4 Å². The van der Waals surface area contributed by atoms with Crippen molar-refractivity contribution in [1.82, 2.24) is 10.2 Å². The van der Waals surface area contributed by atoms with Gasteiger partial charge in [-0.2, -0.15) is 0 Å². The number of hydrogen-bond donors (Lipinski definition) is 1. The number of carbonyl (C=O) groups is 1. The van der Waals surface area contributed by atoms with Crippen LogP contribution in [0.5, 0.6) is 0 Å². The molecule has 2 atom stereocenters. The van der Waals surface area contributed by atoms with E-state index < -0.39 is 22.7 Å². The minimum absolute atomic E-state index is 0.0214. The fraction of sp³-hybridized carbons (Fsp3) is 0.421. The SMILES string of the molecule is CS(=O)(=O)[AsH]c1cccc(Sc2ccc(C(=O)N[C@H]3CN4CCC3CC4)s2)c1. The van der Waals surface area contributed by atoms with Crippen molar-refractivity contribution >= 4 is 56.1 Å². The van der Waals surface area contributed by atoms with Gasteiger partial charge < -0.3 is 0 Å². The summed E-state index contributed by atoms with van der Waals surface area (Å²) in [7, 11) is -2.93. The Morgan fingerprint density at radius 1 is 1.25 bits per heavy atom. The Labute approximate surface area is 179 Å². The first kappa shape index (κ1) is 20.5. The van der Waals surface area contributed by atoms with Crippen molar-refractivity contribution in [2.75, 3.05) is 25.9 Å². The van der Waals surface area contributed by atoms with Gasteiger partial charge in [-0.15, -0.1) is 0 Å². The first-order chi connectivity index (χ1) is 13.4. The summed E-state index contributed by atoms with van der Waals surface area (Å²) in [6.07, 6.45) is 3.67. The topological polar surface area (TPSA) is 66.5 Å². The van der Waals surface area contributed by atoms with Crippen LogP contribution < -0.4 is 9.67 Å². The molecule has 9 heteroatoms. The monoisotopic (exact) mass is 498 g/mol. The van der Waals surface area contributed by atoms with Crippen molar-refractivity contribution in [2.45, 2.75) is 28.0 Å². The molecule has 2 bridgehead atoms. The van der Waals surface area contributed by atoms with E-state index in [1.807, 2.05) is 36.4 Å². The van der Waals surface area contributed by atoms with Gasteiger partial charge in [0, 0.05) is 0 Å². The number of thiophene rings is 1. The standard InChI is InChI=1S/C19H23AsN2O3S3/c1-28(24,25)20-14-3-2-4-15(11-14)26-18-6-5-17(27-18)19(23)21-16-12-22-9-7-13(16)8-10-22/h2-6,11,13,16,20H,7-10,12H2,1H3,(H,21,23)/t16-/m0/s1. The molecule has 28 heavy (non-hydrogen) atoms. The molecule has 1 unspecified atom stereocenters. The van der Waals surface area contributed by atoms with Crippen LogP contribution in [0.15, 0.2) is 45.5 Å². The van der Waals surface area contributed by atoms with Gasteiger partial charge in [-0.1, -0.05) is 0 Å². The number of rotatable bonds is 6. The van der Waals surface area contributed by atoms with Crippen LogP contribution in [0.1, 0.15) is 22.5 Å². The summed E-state index contributed by atoms with van der Waals surface area (Å²) in [6.45, 7) is 3.30. The molecule has 0 radical (unpaired) electrons. The van der Waals surface area contributed by atoms with E-state index in [1.54, 1.807) is 11.8 Å². The summed E-state index contributed by atoms with van der Waals surface area (Å²) < 4.78 is 25.1. The van der Waals surface area contributed by atoms with E-state index in [0.29, 0.717) is 5.92 Å². The Kier molecular flexibility index (Phi) is 6.23. The summed E-state index contributed by atoms with van der Waals surface area (Å²) in [6, 6.07) is 11.9. The molecule has 3 fully saturated rings. The van der Waals surface area contributed by atoms with Crippen LogP contribution in [0.3, 0.4) is 0 Å². The molecule has 3 saturated heterocycles. The zero-order chi connectivity index (χ0) is 19.7. The number of carbonyl (C=O) groups excluding carboxylic acids is 1. The molecule has 1 amide bonds. The molecule has 150 valence electrons. The summed E-state index contributed by atoms with van der Waals surface area (Å²) in [4.78, 5) is 16.9. The fourth-order valence-corrected chi connectivity index (χ4v) is 10.7. The summed E-state index contributed by atoms with van der Waals surface area (Å²) >= 11 is 1.89. The number of piperidine rings is 3. The zero-order valence-corrected chi connectivity index (χ0v) is 20.1. The molecule has 4 heterocycles. The maximum atomic E-state index is 12.7. The maximum absolute atomic E-state index is 12.7. The van der Waals surface area contributed by atoms with Crippen molar-refractivity contribution in [3.05, 3.63) is 41.3 Å². The zero-order valence-electron chi connectivity index (χ0n) is 15.6. The van der Waals surface area contributed by atoms with Crippen LogP contribution in [0.4, 0.5) is 0 Å². The third-order valence-corrected chi connectivity index (χ3v) is 12.4. The van der Waals surface area contributed by atoms with Gasteiger partial charge in [0.1, 0.15) is 0 Å². The van der Waals surface area contributed by atoms with Gasteiger partial charge in [0.2, 0.25) is 0 Å². The van der Waals surface area contributed by atoms with E-state index in [4.69, 9.17) is 0 Å². The van der Waals surface area contributed by atoms with Crippen LogP contribution in [-0.2, 0) is 8.10 Å². The number of hydrogen-bond acceptors (Lipinski definition) is 6. The molecule has 0 spiro atoms. The van der Waals surface area contributed by atoms with Gasteiger partial charge in [0.15, 0.2) is 0 Å².